The number of thiocarbonyl (C=S) groups is 1. The van der Waals surface area contributed by atoms with Crippen LogP contribution in [0.15, 0.2) is 90.6 Å². The van der Waals surface area contributed by atoms with Crippen LogP contribution in [0.1, 0.15) is 11.1 Å². The van der Waals surface area contributed by atoms with Gasteiger partial charge in [0, 0.05) is 34.2 Å². The first-order chi connectivity index (χ1) is 16.0. The minimum atomic E-state index is -0.518. The minimum Gasteiger partial charge on any atom is -0.342 e. The van der Waals surface area contributed by atoms with Crippen LogP contribution in [-0.4, -0.2) is 21.5 Å². The number of aromatic nitrogens is 1. The molecule has 0 bridgehead atoms. The predicted molar refractivity (Wildman–Crippen MR) is 135 cm³/mol. The number of carbonyl (C=O) groups excluding carboxylic acids is 2. The SMILES string of the molecule is O=C1NC(=S)N(c2ccc(Cl)cc2)C(=O)/C1=C/c1cn(Cc2ccccc2)c2ccccc12. The van der Waals surface area contributed by atoms with Gasteiger partial charge in [0.1, 0.15) is 5.57 Å². The molecular formula is C26H18ClN3O2S. The molecule has 2 amide bonds. The van der Waals surface area contributed by atoms with Gasteiger partial charge in [-0.05, 0) is 54.2 Å². The molecule has 1 aliphatic rings. The van der Waals surface area contributed by atoms with E-state index in [0.717, 1.165) is 22.0 Å². The van der Waals surface area contributed by atoms with Crippen LogP contribution in [-0.2, 0) is 16.1 Å². The second kappa shape index (κ2) is 8.65. The van der Waals surface area contributed by atoms with E-state index in [9.17, 15) is 9.59 Å². The number of para-hydroxylation sites is 1. The lowest BCUT2D eigenvalue weighted by Gasteiger charge is -2.28. The van der Waals surface area contributed by atoms with Crippen LogP contribution in [0.3, 0.4) is 0 Å². The number of benzene rings is 3. The summed E-state index contributed by atoms with van der Waals surface area (Å²) in [6, 6.07) is 24.8. The van der Waals surface area contributed by atoms with E-state index in [4.69, 9.17) is 23.8 Å². The molecule has 0 spiro atoms. The van der Waals surface area contributed by atoms with Crippen molar-refractivity contribution in [3.05, 3.63) is 107 Å². The molecule has 0 saturated carbocycles. The van der Waals surface area contributed by atoms with Gasteiger partial charge in [-0.15, -0.1) is 0 Å². The number of hydrogen-bond donors (Lipinski definition) is 1. The Morgan fingerprint density at radius 1 is 0.909 bits per heavy atom. The largest absolute Gasteiger partial charge is 0.342 e. The van der Waals surface area contributed by atoms with Gasteiger partial charge in [0.05, 0.1) is 5.69 Å². The Labute approximate surface area is 200 Å². The molecule has 0 radical (unpaired) electrons. The Morgan fingerprint density at radius 2 is 1.61 bits per heavy atom. The average molecular weight is 472 g/mol. The summed E-state index contributed by atoms with van der Waals surface area (Å²) in [4.78, 5) is 27.4. The van der Waals surface area contributed by atoms with E-state index in [2.05, 4.69) is 22.0 Å². The number of fused-ring (bicyclic) bond motifs is 1. The van der Waals surface area contributed by atoms with Crippen molar-refractivity contribution in [3.8, 4) is 0 Å². The molecule has 1 N–H and O–H groups in total. The quantitative estimate of drug-likeness (QED) is 0.253. The summed E-state index contributed by atoms with van der Waals surface area (Å²) in [6.45, 7) is 0.672. The van der Waals surface area contributed by atoms with Gasteiger partial charge < -0.3 is 4.57 Å². The summed E-state index contributed by atoms with van der Waals surface area (Å²) in [5.41, 5.74) is 3.50. The lowest BCUT2D eigenvalue weighted by molar-refractivity contribution is -0.122. The van der Waals surface area contributed by atoms with E-state index < -0.39 is 11.8 Å². The summed E-state index contributed by atoms with van der Waals surface area (Å²) in [6.07, 6.45) is 3.59. The molecule has 0 unspecified atom stereocenters. The highest BCUT2D eigenvalue weighted by molar-refractivity contribution is 7.80. The summed E-state index contributed by atoms with van der Waals surface area (Å²) in [5.74, 6) is -0.999. The number of hydrogen-bond acceptors (Lipinski definition) is 3. The van der Waals surface area contributed by atoms with Crippen molar-refractivity contribution in [1.29, 1.82) is 0 Å². The van der Waals surface area contributed by atoms with E-state index in [0.29, 0.717) is 17.3 Å². The highest BCUT2D eigenvalue weighted by Gasteiger charge is 2.34. The first kappa shape index (κ1) is 21.1. The van der Waals surface area contributed by atoms with Gasteiger partial charge in [-0.1, -0.05) is 60.1 Å². The molecule has 1 saturated heterocycles. The average Bonchev–Trinajstić information content (AvgIpc) is 3.16. The molecule has 7 heteroatoms. The summed E-state index contributed by atoms with van der Waals surface area (Å²) >= 11 is 11.3. The zero-order chi connectivity index (χ0) is 22.9. The Morgan fingerprint density at radius 3 is 2.36 bits per heavy atom. The van der Waals surface area contributed by atoms with Gasteiger partial charge >= 0.3 is 0 Å². The lowest BCUT2D eigenvalue weighted by Crippen LogP contribution is -2.54. The van der Waals surface area contributed by atoms with Crippen LogP contribution in [0.5, 0.6) is 0 Å². The highest BCUT2D eigenvalue weighted by Crippen LogP contribution is 2.27. The number of carbonyl (C=O) groups is 2. The number of halogens is 1. The van der Waals surface area contributed by atoms with Gasteiger partial charge in [-0.2, -0.15) is 0 Å². The molecule has 5 rings (SSSR count). The summed E-state index contributed by atoms with van der Waals surface area (Å²) < 4.78 is 2.11. The van der Waals surface area contributed by atoms with E-state index in [-0.39, 0.29) is 10.7 Å². The number of nitrogens with zero attached hydrogens (tertiary/aromatic N) is 2. The molecule has 5 nitrogen and oxygen atoms in total. The molecule has 1 aliphatic heterocycles. The molecule has 1 fully saturated rings. The zero-order valence-corrected chi connectivity index (χ0v) is 18.9. The van der Waals surface area contributed by atoms with Crippen molar-refractivity contribution >= 4 is 63.4 Å². The Bertz CT molecular complexity index is 1430. The molecule has 3 aromatic carbocycles. The smallest absolute Gasteiger partial charge is 0.270 e. The van der Waals surface area contributed by atoms with Crippen LogP contribution < -0.4 is 10.2 Å². The number of anilines is 1. The van der Waals surface area contributed by atoms with E-state index in [1.54, 1.807) is 30.3 Å². The highest BCUT2D eigenvalue weighted by atomic mass is 35.5. The third-order valence-electron chi connectivity index (χ3n) is 5.50. The molecule has 0 aliphatic carbocycles. The molecule has 4 aromatic rings. The molecule has 162 valence electrons. The topological polar surface area (TPSA) is 54.3 Å². The van der Waals surface area contributed by atoms with Crippen molar-refractivity contribution in [2.75, 3.05) is 4.90 Å². The van der Waals surface area contributed by atoms with Crippen molar-refractivity contribution in [2.45, 2.75) is 6.54 Å². The van der Waals surface area contributed by atoms with E-state index in [1.165, 1.54) is 4.90 Å². The number of rotatable bonds is 4. The normalized spacial score (nSPS) is 15.4. The molecule has 33 heavy (non-hydrogen) atoms. The van der Waals surface area contributed by atoms with Crippen LogP contribution in [0, 0.1) is 0 Å². The third kappa shape index (κ3) is 4.06. The zero-order valence-electron chi connectivity index (χ0n) is 17.4. The van der Waals surface area contributed by atoms with Gasteiger partial charge in [0.25, 0.3) is 11.8 Å². The molecular weight excluding hydrogens is 454 g/mol. The Hall–Kier alpha value is -3.74. The Balaban J connectivity index is 1.57. The number of amides is 2. The van der Waals surface area contributed by atoms with Crippen molar-refractivity contribution in [2.24, 2.45) is 0 Å². The van der Waals surface area contributed by atoms with Gasteiger partial charge in [0.2, 0.25) is 0 Å². The standard InChI is InChI=1S/C26H18ClN3O2S/c27-19-10-12-20(13-11-19)30-25(32)22(24(31)28-26(30)33)14-18-16-29(15-17-6-2-1-3-7-17)23-9-5-4-8-21(18)23/h1-14,16H,15H2,(H,28,31,33)/b22-14+. The van der Waals surface area contributed by atoms with Crippen LogP contribution >= 0.6 is 23.8 Å². The second-order valence-corrected chi connectivity index (χ2v) is 8.47. The minimum absolute atomic E-state index is 0.0150. The molecule has 0 atom stereocenters. The summed E-state index contributed by atoms with van der Waals surface area (Å²) in [5, 5.41) is 4.16. The Kier molecular flexibility index (Phi) is 5.54. The molecule has 2 heterocycles. The predicted octanol–water partition coefficient (Wildman–Crippen LogP) is 5.17. The maximum absolute atomic E-state index is 13.3. The second-order valence-electron chi connectivity index (χ2n) is 7.65. The summed E-state index contributed by atoms with van der Waals surface area (Å²) in [7, 11) is 0. The maximum atomic E-state index is 13.3. The van der Waals surface area contributed by atoms with Gasteiger partial charge in [0.15, 0.2) is 5.11 Å². The van der Waals surface area contributed by atoms with Gasteiger partial charge in [-0.25, -0.2) is 0 Å². The van der Waals surface area contributed by atoms with E-state index >= 15 is 0 Å². The fourth-order valence-corrected chi connectivity index (χ4v) is 4.35. The van der Waals surface area contributed by atoms with Crippen LogP contribution in [0.4, 0.5) is 5.69 Å². The first-order valence-electron chi connectivity index (χ1n) is 10.3. The fourth-order valence-electron chi connectivity index (χ4n) is 3.94. The monoisotopic (exact) mass is 471 g/mol. The van der Waals surface area contributed by atoms with E-state index in [1.807, 2.05) is 48.7 Å². The van der Waals surface area contributed by atoms with Crippen molar-refractivity contribution < 1.29 is 9.59 Å². The van der Waals surface area contributed by atoms with Gasteiger partial charge in [-0.3, -0.25) is 19.8 Å². The number of nitrogens with one attached hydrogen (secondary N) is 1. The fraction of sp³-hybridized carbons (Fsp3) is 0.0385. The molecule has 1 aromatic heterocycles. The third-order valence-corrected chi connectivity index (χ3v) is 6.04. The van der Waals surface area contributed by atoms with Crippen molar-refractivity contribution in [1.82, 2.24) is 9.88 Å². The lowest BCUT2D eigenvalue weighted by atomic mass is 10.1. The van der Waals surface area contributed by atoms with Crippen molar-refractivity contribution in [3.63, 3.8) is 0 Å². The van der Waals surface area contributed by atoms with Crippen LogP contribution in [0.2, 0.25) is 5.02 Å². The first-order valence-corrected chi connectivity index (χ1v) is 11.1. The van der Waals surface area contributed by atoms with Crippen LogP contribution in [0.25, 0.3) is 17.0 Å². The maximum Gasteiger partial charge on any atom is 0.270 e.